The van der Waals surface area contributed by atoms with Crippen molar-refractivity contribution >= 4 is 11.9 Å². The van der Waals surface area contributed by atoms with Crippen LogP contribution in [0, 0.1) is 0 Å². The highest BCUT2D eigenvalue weighted by atomic mass is 19.3. The molecule has 3 N–H and O–H groups in total. The molecule has 0 bridgehead atoms. The van der Waals surface area contributed by atoms with Gasteiger partial charge >= 0.3 is 12.6 Å². The number of aliphatic hydroxyl groups excluding tert-OH is 1. The first-order valence-corrected chi connectivity index (χ1v) is 5.14. The molecule has 1 atom stereocenters. The molecule has 0 aliphatic carbocycles. The molecule has 1 aromatic carbocycles. The van der Waals surface area contributed by atoms with Gasteiger partial charge in [-0.25, -0.2) is 4.79 Å². The Balaban J connectivity index is 2.90. The van der Waals surface area contributed by atoms with Gasteiger partial charge in [-0.1, -0.05) is 12.1 Å². The number of aliphatic hydroxyl groups is 1. The third kappa shape index (κ3) is 4.18. The van der Waals surface area contributed by atoms with Crippen LogP contribution in [0.25, 0.3) is 0 Å². The van der Waals surface area contributed by atoms with Crippen LogP contribution in [0.15, 0.2) is 24.3 Å². The van der Waals surface area contributed by atoms with Crippen molar-refractivity contribution in [2.75, 3.05) is 6.61 Å². The summed E-state index contributed by atoms with van der Waals surface area (Å²) in [5.74, 6) is -2.75. The van der Waals surface area contributed by atoms with Crippen LogP contribution in [-0.4, -0.2) is 41.3 Å². The van der Waals surface area contributed by atoms with Gasteiger partial charge in [-0.05, 0) is 12.1 Å². The number of aliphatic carboxylic acids is 1. The lowest BCUT2D eigenvalue weighted by atomic mass is 10.1. The number of rotatable bonds is 6. The van der Waals surface area contributed by atoms with Gasteiger partial charge in [-0.2, -0.15) is 8.78 Å². The molecule has 8 heteroatoms. The summed E-state index contributed by atoms with van der Waals surface area (Å²) in [5.41, 5.74) is -0.248. The second-order valence-electron chi connectivity index (χ2n) is 3.42. The monoisotopic (exact) mass is 275 g/mol. The van der Waals surface area contributed by atoms with Crippen LogP contribution >= 0.6 is 0 Å². The fourth-order valence-electron chi connectivity index (χ4n) is 1.27. The molecule has 0 saturated heterocycles. The number of nitrogens with one attached hydrogen (secondary N) is 1. The van der Waals surface area contributed by atoms with E-state index in [-0.39, 0.29) is 11.3 Å². The third-order valence-electron chi connectivity index (χ3n) is 2.13. The number of alkyl halides is 2. The lowest BCUT2D eigenvalue weighted by molar-refractivity contribution is -0.140. The average molecular weight is 275 g/mol. The molecule has 0 fully saturated rings. The molecule has 0 aliphatic rings. The Labute approximate surface area is 106 Å². The molecule has 6 nitrogen and oxygen atoms in total. The van der Waals surface area contributed by atoms with Gasteiger partial charge in [0.1, 0.15) is 5.75 Å². The molecule has 0 aromatic heterocycles. The van der Waals surface area contributed by atoms with Crippen LogP contribution in [0.4, 0.5) is 8.78 Å². The second-order valence-corrected chi connectivity index (χ2v) is 3.42. The van der Waals surface area contributed by atoms with Crippen molar-refractivity contribution < 1.29 is 33.3 Å². The van der Waals surface area contributed by atoms with Gasteiger partial charge in [0.2, 0.25) is 0 Å². The summed E-state index contributed by atoms with van der Waals surface area (Å²) in [4.78, 5) is 22.3. The molecule has 0 spiro atoms. The zero-order chi connectivity index (χ0) is 14.4. The van der Waals surface area contributed by atoms with E-state index in [0.29, 0.717) is 0 Å². The van der Waals surface area contributed by atoms with Gasteiger partial charge in [0.15, 0.2) is 6.04 Å². The second kappa shape index (κ2) is 6.64. The molecule has 0 aliphatic heterocycles. The Morgan fingerprint density at radius 1 is 1.32 bits per heavy atom. The van der Waals surface area contributed by atoms with Crippen molar-refractivity contribution in [1.29, 1.82) is 0 Å². The van der Waals surface area contributed by atoms with Crippen LogP contribution < -0.4 is 10.1 Å². The lowest BCUT2D eigenvalue weighted by Gasteiger charge is -2.14. The molecule has 0 radical (unpaired) electrons. The molecule has 0 unspecified atom stereocenters. The quantitative estimate of drug-likeness (QED) is 0.701. The Bertz CT molecular complexity index is 466. The summed E-state index contributed by atoms with van der Waals surface area (Å²) >= 11 is 0. The minimum Gasteiger partial charge on any atom is -0.480 e. The minimum absolute atomic E-state index is 0.248. The van der Waals surface area contributed by atoms with Crippen molar-refractivity contribution in [3.05, 3.63) is 29.8 Å². The maximum atomic E-state index is 12.1. The summed E-state index contributed by atoms with van der Waals surface area (Å²) in [6.07, 6.45) is 0. The molecule has 19 heavy (non-hydrogen) atoms. The predicted octanol–water partition coefficient (Wildman–Crippen LogP) is 0.463. The Morgan fingerprint density at radius 3 is 2.47 bits per heavy atom. The summed E-state index contributed by atoms with van der Waals surface area (Å²) < 4.78 is 28.4. The van der Waals surface area contributed by atoms with E-state index in [2.05, 4.69) is 4.74 Å². The SMILES string of the molecule is O=C(N[C@H](CO)C(=O)O)c1ccccc1OC(F)F. The number of carbonyl (C=O) groups is 2. The van der Waals surface area contributed by atoms with Gasteiger partial charge in [0.25, 0.3) is 5.91 Å². The van der Waals surface area contributed by atoms with Crippen molar-refractivity contribution in [2.24, 2.45) is 0 Å². The smallest absolute Gasteiger partial charge is 0.387 e. The molecule has 1 rings (SSSR count). The number of amides is 1. The van der Waals surface area contributed by atoms with Crippen molar-refractivity contribution in [3.8, 4) is 5.75 Å². The van der Waals surface area contributed by atoms with Crippen LogP contribution in [0.2, 0.25) is 0 Å². The normalized spacial score (nSPS) is 12.0. The fraction of sp³-hybridized carbons (Fsp3) is 0.273. The number of para-hydroxylation sites is 1. The van der Waals surface area contributed by atoms with Crippen LogP contribution in [0.1, 0.15) is 10.4 Å². The maximum Gasteiger partial charge on any atom is 0.387 e. The van der Waals surface area contributed by atoms with E-state index in [4.69, 9.17) is 10.2 Å². The summed E-state index contributed by atoms with van der Waals surface area (Å²) in [5, 5.41) is 19.4. The number of carbonyl (C=O) groups excluding carboxylic acids is 1. The number of halogens is 2. The van der Waals surface area contributed by atoms with Gasteiger partial charge in [0.05, 0.1) is 12.2 Å². The largest absolute Gasteiger partial charge is 0.480 e. The Hall–Kier alpha value is -2.22. The number of benzene rings is 1. The minimum atomic E-state index is -3.11. The topological polar surface area (TPSA) is 95.9 Å². The molecular formula is C11H11F2NO5. The first-order chi connectivity index (χ1) is 8.95. The van der Waals surface area contributed by atoms with E-state index >= 15 is 0 Å². The fourth-order valence-corrected chi connectivity index (χ4v) is 1.27. The third-order valence-corrected chi connectivity index (χ3v) is 2.13. The van der Waals surface area contributed by atoms with E-state index in [1.165, 1.54) is 18.2 Å². The van der Waals surface area contributed by atoms with Crippen molar-refractivity contribution in [2.45, 2.75) is 12.7 Å². The van der Waals surface area contributed by atoms with E-state index in [9.17, 15) is 18.4 Å². The highest BCUT2D eigenvalue weighted by molar-refractivity contribution is 5.98. The number of carboxylic acid groups (broad SMARTS) is 1. The van der Waals surface area contributed by atoms with E-state index in [0.717, 1.165) is 6.07 Å². The molecule has 104 valence electrons. The number of hydrogen-bond donors (Lipinski definition) is 3. The van der Waals surface area contributed by atoms with Crippen LogP contribution in [0.3, 0.4) is 0 Å². The van der Waals surface area contributed by atoms with Gasteiger partial charge in [-0.15, -0.1) is 0 Å². The van der Waals surface area contributed by atoms with E-state index < -0.39 is 31.1 Å². The van der Waals surface area contributed by atoms with Gasteiger partial charge in [-0.3, -0.25) is 4.79 Å². The van der Waals surface area contributed by atoms with E-state index in [1.54, 1.807) is 0 Å². The number of carboxylic acids is 1. The molecular weight excluding hydrogens is 264 g/mol. The first kappa shape index (κ1) is 14.8. The van der Waals surface area contributed by atoms with Gasteiger partial charge in [0, 0.05) is 0 Å². The summed E-state index contributed by atoms with van der Waals surface area (Å²) in [6, 6.07) is 3.61. The molecule has 1 amide bonds. The maximum absolute atomic E-state index is 12.1. The van der Waals surface area contributed by atoms with Crippen LogP contribution in [-0.2, 0) is 4.79 Å². The van der Waals surface area contributed by atoms with Gasteiger partial charge < -0.3 is 20.3 Å². The standard InChI is InChI=1S/C11H11F2NO5/c12-11(13)19-8-4-2-1-3-6(8)9(16)14-7(5-15)10(17)18/h1-4,7,11,15H,5H2,(H,14,16)(H,17,18)/t7-/m1/s1. The Kier molecular flexibility index (Phi) is 5.19. The molecule has 1 aromatic rings. The predicted molar refractivity (Wildman–Crippen MR) is 59.0 cm³/mol. The summed E-state index contributed by atoms with van der Waals surface area (Å²) in [7, 11) is 0. The van der Waals surface area contributed by atoms with Crippen molar-refractivity contribution in [1.82, 2.24) is 5.32 Å². The average Bonchev–Trinajstić information content (AvgIpc) is 2.35. The molecule has 0 saturated carbocycles. The summed E-state index contributed by atoms with van der Waals surface area (Å²) in [6.45, 7) is -3.93. The molecule has 0 heterocycles. The first-order valence-electron chi connectivity index (χ1n) is 5.14. The van der Waals surface area contributed by atoms with E-state index in [1.807, 2.05) is 5.32 Å². The Morgan fingerprint density at radius 2 is 1.95 bits per heavy atom. The number of ether oxygens (including phenoxy) is 1. The highest BCUT2D eigenvalue weighted by Crippen LogP contribution is 2.20. The van der Waals surface area contributed by atoms with Crippen molar-refractivity contribution in [3.63, 3.8) is 0 Å². The lowest BCUT2D eigenvalue weighted by Crippen LogP contribution is -2.43. The van der Waals surface area contributed by atoms with Crippen LogP contribution in [0.5, 0.6) is 5.75 Å². The number of hydrogen-bond acceptors (Lipinski definition) is 4. The zero-order valence-electron chi connectivity index (χ0n) is 9.55. The highest BCUT2D eigenvalue weighted by Gasteiger charge is 2.22. The zero-order valence-corrected chi connectivity index (χ0v) is 9.55.